The van der Waals surface area contributed by atoms with Crippen molar-refractivity contribution in [2.24, 2.45) is 5.92 Å². The number of nitrogens with zero attached hydrogens (tertiary/aromatic N) is 1. The van der Waals surface area contributed by atoms with Crippen molar-refractivity contribution >= 4 is 11.9 Å². The van der Waals surface area contributed by atoms with Gasteiger partial charge in [0.2, 0.25) is 5.91 Å². The summed E-state index contributed by atoms with van der Waals surface area (Å²) in [5.41, 5.74) is 1.32. The Bertz CT molecular complexity index is 528. The van der Waals surface area contributed by atoms with Crippen LogP contribution in [0.25, 0.3) is 0 Å². The average molecular weight is 287 g/mol. The standard InChI is InChI=1S/C17H21NO3/c19-16(18-8-4-7-14(18)11-17(20)21)10-13-9-15(13)12-5-2-1-3-6-12/h1-3,5-6,13-15H,4,7-11H2,(H,20,21)/t13-,14?,15-/m0/s1. The monoisotopic (exact) mass is 287 g/mol. The summed E-state index contributed by atoms with van der Waals surface area (Å²) in [6.07, 6.45) is 3.47. The fourth-order valence-corrected chi connectivity index (χ4v) is 3.50. The molecular weight excluding hydrogens is 266 g/mol. The van der Waals surface area contributed by atoms with Gasteiger partial charge in [-0.1, -0.05) is 30.3 Å². The van der Waals surface area contributed by atoms with Crippen molar-refractivity contribution in [2.75, 3.05) is 6.54 Å². The van der Waals surface area contributed by atoms with Crippen LogP contribution in [0.4, 0.5) is 0 Å². The maximum absolute atomic E-state index is 12.4. The number of aliphatic carboxylic acids is 1. The minimum atomic E-state index is -0.812. The molecule has 2 aliphatic rings. The Hall–Kier alpha value is -1.84. The maximum atomic E-state index is 12.4. The number of hydrogen-bond acceptors (Lipinski definition) is 2. The SMILES string of the molecule is O=C(O)CC1CCCN1C(=O)C[C@@H]1C[C@H]1c1ccccc1. The number of rotatable bonds is 5. The molecule has 1 heterocycles. The predicted octanol–water partition coefficient (Wildman–Crippen LogP) is 2.65. The molecule has 1 aliphatic heterocycles. The summed E-state index contributed by atoms with van der Waals surface area (Å²) >= 11 is 0. The second kappa shape index (κ2) is 5.88. The van der Waals surface area contributed by atoms with Crippen LogP contribution < -0.4 is 0 Å². The number of benzene rings is 1. The molecule has 1 aromatic rings. The molecule has 21 heavy (non-hydrogen) atoms. The fourth-order valence-electron chi connectivity index (χ4n) is 3.50. The van der Waals surface area contributed by atoms with E-state index in [1.807, 2.05) is 18.2 Å². The molecule has 1 saturated heterocycles. The van der Waals surface area contributed by atoms with Crippen molar-refractivity contribution in [1.82, 2.24) is 4.90 Å². The maximum Gasteiger partial charge on any atom is 0.305 e. The summed E-state index contributed by atoms with van der Waals surface area (Å²) in [5.74, 6) is 0.275. The lowest BCUT2D eigenvalue weighted by Crippen LogP contribution is -2.37. The highest BCUT2D eigenvalue weighted by atomic mass is 16.4. The zero-order chi connectivity index (χ0) is 14.8. The Morgan fingerprint density at radius 1 is 1.19 bits per heavy atom. The summed E-state index contributed by atoms with van der Waals surface area (Å²) in [6, 6.07) is 10.2. The van der Waals surface area contributed by atoms with Gasteiger partial charge in [-0.25, -0.2) is 0 Å². The van der Waals surface area contributed by atoms with Gasteiger partial charge in [-0.2, -0.15) is 0 Å². The van der Waals surface area contributed by atoms with E-state index in [2.05, 4.69) is 12.1 Å². The first-order valence-electron chi connectivity index (χ1n) is 7.71. The summed E-state index contributed by atoms with van der Waals surface area (Å²) in [4.78, 5) is 25.1. The second-order valence-electron chi connectivity index (χ2n) is 6.20. The third-order valence-electron chi connectivity index (χ3n) is 4.69. The van der Waals surface area contributed by atoms with E-state index in [9.17, 15) is 9.59 Å². The first kappa shape index (κ1) is 14.1. The highest BCUT2D eigenvalue weighted by molar-refractivity contribution is 5.78. The number of hydrogen-bond donors (Lipinski definition) is 1. The lowest BCUT2D eigenvalue weighted by molar-refractivity contribution is -0.140. The first-order valence-corrected chi connectivity index (χ1v) is 7.71. The van der Waals surface area contributed by atoms with Gasteiger partial charge >= 0.3 is 5.97 Å². The van der Waals surface area contributed by atoms with Crippen LogP contribution in [-0.2, 0) is 9.59 Å². The minimum Gasteiger partial charge on any atom is -0.481 e. The van der Waals surface area contributed by atoms with Gasteiger partial charge in [-0.3, -0.25) is 9.59 Å². The number of carboxylic acid groups (broad SMARTS) is 1. The summed E-state index contributed by atoms with van der Waals surface area (Å²) < 4.78 is 0. The van der Waals surface area contributed by atoms with Crippen molar-refractivity contribution in [1.29, 1.82) is 0 Å². The zero-order valence-corrected chi connectivity index (χ0v) is 12.1. The number of amides is 1. The fraction of sp³-hybridized carbons (Fsp3) is 0.529. The largest absolute Gasteiger partial charge is 0.481 e. The Labute approximate surface area is 124 Å². The molecule has 0 radical (unpaired) electrons. The van der Waals surface area contributed by atoms with Crippen LogP contribution in [-0.4, -0.2) is 34.5 Å². The molecule has 112 valence electrons. The van der Waals surface area contributed by atoms with Gasteiger partial charge in [-0.05, 0) is 36.7 Å². The molecule has 1 aliphatic carbocycles. The summed E-state index contributed by atoms with van der Waals surface area (Å²) in [5, 5.41) is 8.92. The Morgan fingerprint density at radius 3 is 2.67 bits per heavy atom. The van der Waals surface area contributed by atoms with Gasteiger partial charge in [0.25, 0.3) is 0 Å². The van der Waals surface area contributed by atoms with E-state index in [0.717, 1.165) is 25.8 Å². The topological polar surface area (TPSA) is 57.6 Å². The molecule has 0 spiro atoms. The van der Waals surface area contributed by atoms with Crippen LogP contribution in [0.5, 0.6) is 0 Å². The Morgan fingerprint density at radius 2 is 1.95 bits per heavy atom. The quantitative estimate of drug-likeness (QED) is 0.905. The number of likely N-dealkylation sites (tertiary alicyclic amines) is 1. The third-order valence-corrected chi connectivity index (χ3v) is 4.69. The van der Waals surface area contributed by atoms with Crippen LogP contribution in [0, 0.1) is 5.92 Å². The molecular formula is C17H21NO3. The minimum absolute atomic E-state index is 0.0819. The molecule has 2 fully saturated rings. The molecule has 1 saturated carbocycles. The van der Waals surface area contributed by atoms with E-state index in [-0.39, 0.29) is 18.4 Å². The molecule has 1 aromatic carbocycles. The van der Waals surface area contributed by atoms with E-state index in [4.69, 9.17) is 5.11 Å². The molecule has 4 heteroatoms. The normalized spacial score (nSPS) is 27.6. The second-order valence-corrected chi connectivity index (χ2v) is 6.20. The van der Waals surface area contributed by atoms with Gasteiger partial charge in [0.1, 0.15) is 0 Å². The molecule has 0 aromatic heterocycles. The summed E-state index contributed by atoms with van der Waals surface area (Å²) in [6.45, 7) is 0.722. The van der Waals surface area contributed by atoms with Crippen LogP contribution in [0.2, 0.25) is 0 Å². The third kappa shape index (κ3) is 3.26. The van der Waals surface area contributed by atoms with Crippen molar-refractivity contribution in [3.63, 3.8) is 0 Å². The Kier molecular flexibility index (Phi) is 3.95. The van der Waals surface area contributed by atoms with Gasteiger partial charge < -0.3 is 10.0 Å². The van der Waals surface area contributed by atoms with Gasteiger partial charge in [-0.15, -0.1) is 0 Å². The van der Waals surface area contributed by atoms with Crippen LogP contribution >= 0.6 is 0 Å². The summed E-state index contributed by atoms with van der Waals surface area (Å²) in [7, 11) is 0. The van der Waals surface area contributed by atoms with Gasteiger partial charge in [0.15, 0.2) is 0 Å². The van der Waals surface area contributed by atoms with E-state index >= 15 is 0 Å². The lowest BCUT2D eigenvalue weighted by atomic mass is 10.1. The molecule has 3 rings (SSSR count). The number of carboxylic acids is 1. The van der Waals surface area contributed by atoms with Crippen molar-refractivity contribution in [3.05, 3.63) is 35.9 Å². The molecule has 4 nitrogen and oxygen atoms in total. The average Bonchev–Trinajstić information content (AvgIpc) is 3.07. The van der Waals surface area contributed by atoms with Crippen LogP contribution in [0.1, 0.15) is 43.6 Å². The van der Waals surface area contributed by atoms with E-state index in [1.165, 1.54) is 5.56 Å². The Balaban J connectivity index is 1.54. The van der Waals surface area contributed by atoms with Crippen LogP contribution in [0.3, 0.4) is 0 Å². The van der Waals surface area contributed by atoms with Gasteiger partial charge in [0, 0.05) is 19.0 Å². The van der Waals surface area contributed by atoms with E-state index in [0.29, 0.717) is 18.3 Å². The predicted molar refractivity (Wildman–Crippen MR) is 78.9 cm³/mol. The van der Waals surface area contributed by atoms with E-state index in [1.54, 1.807) is 4.90 Å². The molecule has 1 N–H and O–H groups in total. The molecule has 3 atom stereocenters. The van der Waals surface area contributed by atoms with Crippen molar-refractivity contribution in [2.45, 2.75) is 44.1 Å². The smallest absolute Gasteiger partial charge is 0.305 e. The molecule has 1 amide bonds. The van der Waals surface area contributed by atoms with E-state index < -0.39 is 5.97 Å². The van der Waals surface area contributed by atoms with Gasteiger partial charge in [0.05, 0.1) is 6.42 Å². The molecule has 1 unspecified atom stereocenters. The highest BCUT2D eigenvalue weighted by Gasteiger charge is 2.41. The number of carbonyl (C=O) groups excluding carboxylic acids is 1. The van der Waals surface area contributed by atoms with Crippen molar-refractivity contribution in [3.8, 4) is 0 Å². The first-order chi connectivity index (χ1) is 10.1. The number of carbonyl (C=O) groups is 2. The zero-order valence-electron chi connectivity index (χ0n) is 12.1. The highest BCUT2D eigenvalue weighted by Crippen LogP contribution is 2.49. The van der Waals surface area contributed by atoms with Crippen molar-refractivity contribution < 1.29 is 14.7 Å². The van der Waals surface area contributed by atoms with Crippen LogP contribution in [0.15, 0.2) is 30.3 Å². The lowest BCUT2D eigenvalue weighted by Gasteiger charge is -2.23. The molecule has 0 bridgehead atoms.